The molecule has 0 radical (unpaired) electrons. The number of carbonyl (C=O) groups excluding carboxylic acids is 4. The molecule has 16 nitrogen and oxygen atoms in total. The van der Waals surface area contributed by atoms with Crippen molar-refractivity contribution in [2.75, 3.05) is 41.3 Å². The van der Waals surface area contributed by atoms with Crippen molar-refractivity contribution in [3.63, 3.8) is 0 Å². The second kappa shape index (κ2) is 18.2. The number of nitrogens with zero attached hydrogens (tertiary/aromatic N) is 3. The number of alkyl carbamates (subject to hydrolysis) is 4. The first kappa shape index (κ1) is 45.6. The maximum absolute atomic E-state index is 13.1. The van der Waals surface area contributed by atoms with Gasteiger partial charge in [-0.05, 0) is 115 Å². The fourth-order valence-corrected chi connectivity index (χ4v) is 6.77. The molecule has 4 atom stereocenters. The Balaban J connectivity index is 1.76. The van der Waals surface area contributed by atoms with Crippen molar-refractivity contribution in [3.8, 4) is 0 Å². The lowest BCUT2D eigenvalue weighted by Crippen LogP contribution is -2.58. The molecule has 16 heteroatoms. The maximum atomic E-state index is 13.1. The van der Waals surface area contributed by atoms with Crippen LogP contribution < -0.4 is 36.4 Å². The van der Waals surface area contributed by atoms with Crippen molar-refractivity contribution in [1.82, 2.24) is 26.3 Å². The first-order valence-electron chi connectivity index (χ1n) is 20.0. The van der Waals surface area contributed by atoms with Crippen molar-refractivity contribution in [1.29, 1.82) is 0 Å². The number of para-hydroxylation sites is 1. The number of piperidine rings is 2. The van der Waals surface area contributed by atoms with Crippen LogP contribution in [-0.4, -0.2) is 102 Å². The number of aromatic nitrogens is 1. The highest BCUT2D eigenvalue weighted by Gasteiger charge is 2.36. The van der Waals surface area contributed by atoms with Crippen LogP contribution in [0.3, 0.4) is 0 Å². The van der Waals surface area contributed by atoms with E-state index in [2.05, 4.69) is 31.5 Å². The molecule has 3 heterocycles. The van der Waals surface area contributed by atoms with Crippen LogP contribution >= 0.6 is 0 Å². The Morgan fingerprint density at radius 1 is 0.569 bits per heavy atom. The SMILES string of the molecule is Cc1nc(N2CC(NC(=O)OC(C)(C)C)CC(NC(=O)OC(C)(C)C)C2)cc(N2CC(NC(=O)OC(C)(C)C)CC(NC(=O)OC(C)(C)C)C2)c1Nc1ccccc1. The number of rotatable bonds is 8. The van der Waals surface area contributed by atoms with E-state index in [0.29, 0.717) is 50.5 Å². The third kappa shape index (κ3) is 15.3. The monoisotopic (exact) mass is 811 g/mol. The summed E-state index contributed by atoms with van der Waals surface area (Å²) in [7, 11) is 0. The van der Waals surface area contributed by atoms with Crippen LogP contribution in [-0.2, 0) is 18.9 Å². The highest BCUT2D eigenvalue weighted by molar-refractivity contribution is 5.80. The molecule has 1 aromatic heterocycles. The Bertz CT molecular complexity index is 1670. The fraction of sp³-hybridized carbons (Fsp3) is 0.643. The van der Waals surface area contributed by atoms with Gasteiger partial charge in [0.25, 0.3) is 0 Å². The molecule has 322 valence electrons. The molecule has 4 amide bonds. The summed E-state index contributed by atoms with van der Waals surface area (Å²) in [4.78, 5) is 61.4. The van der Waals surface area contributed by atoms with Gasteiger partial charge in [0.15, 0.2) is 0 Å². The highest BCUT2D eigenvalue weighted by Crippen LogP contribution is 2.37. The number of amides is 4. The van der Waals surface area contributed by atoms with Crippen molar-refractivity contribution < 1.29 is 38.1 Å². The quantitative estimate of drug-likeness (QED) is 0.170. The fourth-order valence-electron chi connectivity index (χ4n) is 6.77. The minimum atomic E-state index is -0.711. The van der Waals surface area contributed by atoms with Gasteiger partial charge in [-0.25, -0.2) is 24.2 Å². The zero-order valence-corrected chi connectivity index (χ0v) is 36.6. The zero-order valence-electron chi connectivity index (χ0n) is 36.6. The molecule has 2 aromatic rings. The normalized spacial score (nSPS) is 20.3. The van der Waals surface area contributed by atoms with Crippen molar-refractivity contribution >= 4 is 47.3 Å². The van der Waals surface area contributed by atoms with Crippen molar-refractivity contribution in [2.45, 2.75) is 149 Å². The average molecular weight is 811 g/mol. The third-order valence-corrected chi connectivity index (χ3v) is 8.66. The molecule has 0 bridgehead atoms. The van der Waals surface area contributed by atoms with E-state index in [-0.39, 0.29) is 0 Å². The lowest BCUT2D eigenvalue weighted by atomic mass is 9.99. The van der Waals surface area contributed by atoms with E-state index in [0.717, 1.165) is 17.1 Å². The first-order chi connectivity index (χ1) is 26.7. The standard InChI is InChI=1S/C42H66N8O8/c1-26-34(44-27-17-15-14-16-18-27)32(49-22-28(45-35(51)55-39(2,3)4)19-29(23-49)46-36(52)56-40(5,6)7)21-33(43-26)50-24-30(47-37(53)57-41(8,9)10)20-31(25-50)48-38(54)58-42(11,12)13/h14-18,21,28-31,44H,19-20,22-25H2,1-13H3,(H,45,51)(H,46,52)(H,47,53)(H,48,54). The molecule has 2 fully saturated rings. The number of aryl methyl sites for hydroxylation is 1. The smallest absolute Gasteiger partial charge is 0.407 e. The predicted molar refractivity (Wildman–Crippen MR) is 225 cm³/mol. The highest BCUT2D eigenvalue weighted by atomic mass is 16.6. The molecular weight excluding hydrogens is 745 g/mol. The number of ether oxygens (including phenoxy) is 4. The molecule has 0 aliphatic carbocycles. The van der Waals surface area contributed by atoms with E-state index in [4.69, 9.17) is 23.9 Å². The van der Waals surface area contributed by atoms with Gasteiger partial charge in [-0.3, -0.25) is 0 Å². The summed E-state index contributed by atoms with van der Waals surface area (Å²) in [5, 5.41) is 15.6. The number of carbonyl (C=O) groups is 4. The van der Waals surface area contributed by atoms with Gasteiger partial charge in [0.05, 0.1) is 41.2 Å². The second-order valence-corrected chi connectivity index (χ2v) is 19.1. The number of hydrogen-bond donors (Lipinski definition) is 5. The molecule has 2 aliphatic rings. The Kier molecular flexibility index (Phi) is 14.3. The topological polar surface area (TPSA) is 185 Å². The second-order valence-electron chi connectivity index (χ2n) is 19.1. The molecule has 1 aromatic carbocycles. The third-order valence-electron chi connectivity index (χ3n) is 8.66. The molecular formula is C42H66N8O8. The van der Waals surface area contributed by atoms with E-state index in [1.807, 2.05) is 48.2 Å². The van der Waals surface area contributed by atoms with Crippen molar-refractivity contribution in [3.05, 3.63) is 42.1 Å². The van der Waals surface area contributed by atoms with E-state index in [1.54, 1.807) is 83.1 Å². The summed E-state index contributed by atoms with van der Waals surface area (Å²) >= 11 is 0. The summed E-state index contributed by atoms with van der Waals surface area (Å²) in [5.74, 6) is 0.594. The molecule has 2 aliphatic heterocycles. The molecule has 58 heavy (non-hydrogen) atoms. The number of pyridine rings is 1. The molecule has 0 spiro atoms. The van der Waals surface area contributed by atoms with E-state index in [1.165, 1.54) is 0 Å². The van der Waals surface area contributed by atoms with Gasteiger partial charge in [0.2, 0.25) is 0 Å². The lowest BCUT2D eigenvalue weighted by molar-refractivity contribution is 0.0452. The summed E-state index contributed by atoms with van der Waals surface area (Å²) in [6.07, 6.45) is -1.41. The van der Waals surface area contributed by atoms with E-state index in [9.17, 15) is 19.2 Å². The summed E-state index contributed by atoms with van der Waals surface area (Å²) in [6, 6.07) is 9.98. The van der Waals surface area contributed by atoms with Crippen LogP contribution in [0.25, 0.3) is 0 Å². The number of hydrogen-bond acceptors (Lipinski definition) is 12. The summed E-state index contributed by atoms with van der Waals surface area (Å²) in [6.45, 7) is 25.0. The first-order valence-corrected chi connectivity index (χ1v) is 20.0. The molecule has 2 saturated heterocycles. The van der Waals surface area contributed by atoms with Crippen LogP contribution in [0.2, 0.25) is 0 Å². The Hall–Kier alpha value is -5.15. The van der Waals surface area contributed by atoms with Gasteiger partial charge in [0, 0.05) is 37.9 Å². The average Bonchev–Trinajstić information content (AvgIpc) is 3.02. The van der Waals surface area contributed by atoms with Crippen LogP contribution in [0.5, 0.6) is 0 Å². The van der Waals surface area contributed by atoms with Gasteiger partial charge in [-0.15, -0.1) is 0 Å². The van der Waals surface area contributed by atoms with Crippen LogP contribution in [0.1, 0.15) is 102 Å². The lowest BCUT2D eigenvalue weighted by Gasteiger charge is -2.42. The van der Waals surface area contributed by atoms with Crippen LogP contribution in [0, 0.1) is 6.92 Å². The van der Waals surface area contributed by atoms with Crippen LogP contribution in [0.15, 0.2) is 36.4 Å². The van der Waals surface area contributed by atoms with Gasteiger partial charge < -0.3 is 55.3 Å². The van der Waals surface area contributed by atoms with Crippen LogP contribution in [0.4, 0.5) is 42.1 Å². The van der Waals surface area contributed by atoms with Gasteiger partial charge >= 0.3 is 24.4 Å². The largest absolute Gasteiger partial charge is 0.444 e. The van der Waals surface area contributed by atoms with Gasteiger partial charge in [-0.2, -0.15) is 0 Å². The number of nitrogens with one attached hydrogen (secondary N) is 5. The molecule has 4 rings (SSSR count). The van der Waals surface area contributed by atoms with Gasteiger partial charge in [-0.1, -0.05) is 18.2 Å². The Morgan fingerprint density at radius 2 is 0.914 bits per heavy atom. The van der Waals surface area contributed by atoms with E-state index >= 15 is 0 Å². The minimum absolute atomic E-state index is 0.370. The molecule has 4 unspecified atom stereocenters. The predicted octanol–water partition coefficient (Wildman–Crippen LogP) is 7.13. The zero-order chi connectivity index (χ0) is 43.2. The molecule has 0 saturated carbocycles. The molecule has 5 N–H and O–H groups in total. The summed E-state index contributed by atoms with van der Waals surface area (Å²) < 4.78 is 22.4. The Morgan fingerprint density at radius 3 is 1.26 bits per heavy atom. The van der Waals surface area contributed by atoms with E-state index < -0.39 is 70.9 Å². The summed E-state index contributed by atoms with van der Waals surface area (Å²) in [5.41, 5.74) is 0.171. The maximum Gasteiger partial charge on any atom is 0.407 e. The Labute approximate surface area is 343 Å². The number of anilines is 4. The van der Waals surface area contributed by atoms with Crippen molar-refractivity contribution in [2.24, 2.45) is 0 Å². The van der Waals surface area contributed by atoms with Gasteiger partial charge in [0.1, 0.15) is 28.2 Å². The number of benzene rings is 1. The minimum Gasteiger partial charge on any atom is -0.444 e.